The normalized spacial score (nSPS) is 12.6. The van der Waals surface area contributed by atoms with Gasteiger partial charge in [0, 0.05) is 13.2 Å². The number of aryl methyl sites for hydroxylation is 1. The first-order chi connectivity index (χ1) is 13.3. The van der Waals surface area contributed by atoms with Crippen molar-refractivity contribution in [3.63, 3.8) is 0 Å². The zero-order valence-corrected chi connectivity index (χ0v) is 17.3. The molecule has 1 N–H and O–H groups in total. The van der Waals surface area contributed by atoms with Crippen LogP contribution in [0.25, 0.3) is 0 Å². The molecule has 0 radical (unpaired) electrons. The summed E-state index contributed by atoms with van der Waals surface area (Å²) in [6, 6.07) is 3.78. The Morgan fingerprint density at radius 3 is 2.43 bits per heavy atom. The van der Waals surface area contributed by atoms with E-state index >= 15 is 0 Å². The van der Waals surface area contributed by atoms with Crippen LogP contribution in [0.2, 0.25) is 0 Å². The number of carbonyl (C=O) groups excluding carboxylic acids is 1. The number of benzene rings is 1. The maximum absolute atomic E-state index is 14.1. The van der Waals surface area contributed by atoms with Gasteiger partial charge in [0.2, 0.25) is 0 Å². The monoisotopic (exact) mass is 469 g/mol. The van der Waals surface area contributed by atoms with Crippen LogP contribution in [0.15, 0.2) is 29.3 Å². The summed E-state index contributed by atoms with van der Waals surface area (Å²) in [6.45, 7) is 0.720. The van der Waals surface area contributed by atoms with E-state index in [2.05, 4.69) is 5.32 Å². The number of carbonyl (C=O) groups is 1. The molecule has 0 aliphatic carbocycles. The van der Waals surface area contributed by atoms with Crippen molar-refractivity contribution < 1.29 is 35.2 Å². The Labute approximate surface area is 175 Å². The van der Waals surface area contributed by atoms with Gasteiger partial charge in [0.15, 0.2) is 15.7 Å². The molecule has 1 amide bonds. The van der Waals surface area contributed by atoms with E-state index in [4.69, 9.17) is 5.26 Å². The molecule has 164 valence electrons. The molecule has 6 nitrogen and oxygen atoms in total. The van der Waals surface area contributed by atoms with Crippen LogP contribution in [-0.4, -0.2) is 30.8 Å². The van der Waals surface area contributed by atoms with Gasteiger partial charge in [0.25, 0.3) is 5.91 Å². The van der Waals surface area contributed by atoms with Gasteiger partial charge < -0.3 is 9.88 Å². The number of aromatic nitrogens is 1. The van der Waals surface area contributed by atoms with Gasteiger partial charge in [-0.3, -0.25) is 4.79 Å². The molecule has 0 bridgehead atoms. The molecule has 1 atom stereocenters. The van der Waals surface area contributed by atoms with E-state index in [9.17, 15) is 35.2 Å². The van der Waals surface area contributed by atoms with Crippen molar-refractivity contribution in [3.8, 4) is 6.07 Å². The number of nitrogens with zero attached hydrogens (tertiary/aromatic N) is 2. The number of nitrogens with one attached hydrogen (secondary N) is 1. The third kappa shape index (κ3) is 5.31. The van der Waals surface area contributed by atoms with E-state index in [0.29, 0.717) is 0 Å². The minimum atomic E-state index is -4.71. The predicted octanol–water partition coefficient (Wildman–Crippen LogP) is 3.51. The molecular formula is C17H16F5N3O3S2. The highest BCUT2D eigenvalue weighted by atomic mass is 32.2. The first-order valence-corrected chi connectivity index (χ1v) is 9.58. The molecule has 0 unspecified atom stereocenters. The van der Waals surface area contributed by atoms with Gasteiger partial charge >= 0.3 is 6.18 Å². The lowest BCUT2D eigenvalue weighted by Crippen LogP contribution is -2.27. The lowest BCUT2D eigenvalue weighted by atomic mass is 10.2. The Morgan fingerprint density at radius 2 is 1.90 bits per heavy atom. The van der Waals surface area contributed by atoms with Crippen LogP contribution < -0.4 is 5.32 Å². The van der Waals surface area contributed by atoms with Crippen LogP contribution in [-0.2, 0) is 16.9 Å². The van der Waals surface area contributed by atoms with Crippen LogP contribution in [0.5, 0.6) is 0 Å². The van der Waals surface area contributed by atoms with E-state index < -0.39 is 61.4 Å². The summed E-state index contributed by atoms with van der Waals surface area (Å²) in [4.78, 5) is 11.8. The topological polar surface area (TPSA) is 92.0 Å². The Bertz CT molecular complexity index is 1110. The predicted molar refractivity (Wildman–Crippen MR) is 102 cm³/mol. The average Bonchev–Trinajstić information content (AvgIpc) is 2.99. The maximum Gasteiger partial charge on any atom is 0.392 e. The van der Waals surface area contributed by atoms with Crippen LogP contribution in [0.4, 0.5) is 27.6 Å². The highest BCUT2D eigenvalue weighted by Crippen LogP contribution is 2.29. The summed E-state index contributed by atoms with van der Waals surface area (Å²) < 4.78 is 90.9. The third-order valence-corrected chi connectivity index (χ3v) is 5.93. The fraction of sp³-hybridized carbons (Fsp3) is 0.294. The molecule has 0 saturated heterocycles. The van der Waals surface area contributed by atoms with Crippen LogP contribution in [0.1, 0.15) is 23.0 Å². The summed E-state index contributed by atoms with van der Waals surface area (Å²) in [7, 11) is -3.10. The fourth-order valence-corrected chi connectivity index (χ4v) is 4.04. The average molecular weight is 469 g/mol. The van der Waals surface area contributed by atoms with E-state index in [1.807, 2.05) is 0 Å². The summed E-state index contributed by atoms with van der Waals surface area (Å²) in [6.07, 6.45) is -3.75. The van der Waals surface area contributed by atoms with Crippen molar-refractivity contribution in [1.82, 2.24) is 4.57 Å². The SMILES string of the molecule is C[C@H](CS(=O)(=O)c1cc(C(=O)Nc2ccc(F)c(C#N)c2F)n(C)c1)C(F)(F)F.S. The number of sulfone groups is 1. The lowest BCUT2D eigenvalue weighted by Gasteiger charge is -2.14. The van der Waals surface area contributed by atoms with Crippen molar-refractivity contribution in [2.45, 2.75) is 18.0 Å². The summed E-state index contributed by atoms with van der Waals surface area (Å²) in [5.74, 6) is -6.79. The second-order valence-electron chi connectivity index (χ2n) is 6.25. The molecule has 13 heteroatoms. The molecule has 0 aliphatic heterocycles. The van der Waals surface area contributed by atoms with E-state index in [1.54, 1.807) is 0 Å². The molecule has 0 saturated carbocycles. The summed E-state index contributed by atoms with van der Waals surface area (Å²) in [5, 5.41) is 10.8. The third-order valence-electron chi connectivity index (χ3n) is 4.05. The Morgan fingerprint density at radius 1 is 1.30 bits per heavy atom. The minimum Gasteiger partial charge on any atom is -0.345 e. The zero-order chi connectivity index (χ0) is 22.1. The quantitative estimate of drug-likeness (QED) is 0.679. The fourth-order valence-electron chi connectivity index (χ4n) is 2.39. The molecule has 0 spiro atoms. The van der Waals surface area contributed by atoms with Gasteiger partial charge in [-0.15, -0.1) is 0 Å². The second kappa shape index (κ2) is 9.05. The largest absolute Gasteiger partial charge is 0.392 e. The zero-order valence-electron chi connectivity index (χ0n) is 15.5. The number of hydrogen-bond acceptors (Lipinski definition) is 4. The van der Waals surface area contributed by atoms with Crippen molar-refractivity contribution in [2.24, 2.45) is 13.0 Å². The van der Waals surface area contributed by atoms with Crippen molar-refractivity contribution in [1.29, 1.82) is 5.26 Å². The maximum atomic E-state index is 14.1. The molecule has 1 heterocycles. The van der Waals surface area contributed by atoms with Crippen LogP contribution >= 0.6 is 13.5 Å². The lowest BCUT2D eigenvalue weighted by molar-refractivity contribution is -0.163. The number of nitriles is 1. The van der Waals surface area contributed by atoms with E-state index in [-0.39, 0.29) is 19.2 Å². The molecule has 0 fully saturated rings. The summed E-state index contributed by atoms with van der Waals surface area (Å²) in [5.41, 5.74) is -1.74. The number of anilines is 1. The molecular weight excluding hydrogens is 453 g/mol. The first-order valence-electron chi connectivity index (χ1n) is 7.93. The van der Waals surface area contributed by atoms with Crippen LogP contribution in [0.3, 0.4) is 0 Å². The van der Waals surface area contributed by atoms with Crippen molar-refractivity contribution in [2.75, 3.05) is 11.1 Å². The van der Waals surface area contributed by atoms with Crippen molar-refractivity contribution in [3.05, 3.63) is 47.3 Å². The number of rotatable bonds is 5. The number of alkyl halides is 3. The number of hydrogen-bond donors (Lipinski definition) is 1. The molecule has 1 aromatic heterocycles. The standard InChI is InChI=1S/C17H14F5N3O3S.H2S/c1-9(17(20,21)22)8-29(27,28)10-5-14(25(2)7-10)16(26)24-13-4-3-12(18)11(6-23)15(13)19;/h3-5,7,9H,8H2,1-2H3,(H,24,26);1H2/t9-;/m1./s1. The number of halogens is 5. The smallest absolute Gasteiger partial charge is 0.345 e. The van der Waals surface area contributed by atoms with Crippen LogP contribution in [0, 0.1) is 28.9 Å². The Hall–Kier alpha value is -2.59. The first kappa shape index (κ1) is 25.4. The van der Waals surface area contributed by atoms with Gasteiger partial charge in [0.05, 0.1) is 22.3 Å². The van der Waals surface area contributed by atoms with E-state index in [0.717, 1.165) is 35.9 Å². The molecule has 30 heavy (non-hydrogen) atoms. The van der Waals surface area contributed by atoms with Crippen molar-refractivity contribution >= 4 is 34.9 Å². The van der Waals surface area contributed by atoms with Gasteiger partial charge in [-0.1, -0.05) is 6.92 Å². The number of amides is 1. The Kier molecular flexibility index (Phi) is 7.68. The highest BCUT2D eigenvalue weighted by Gasteiger charge is 2.39. The van der Waals surface area contributed by atoms with Gasteiger partial charge in [-0.2, -0.15) is 31.9 Å². The highest BCUT2D eigenvalue weighted by molar-refractivity contribution is 7.91. The summed E-state index contributed by atoms with van der Waals surface area (Å²) >= 11 is 0. The molecule has 1 aromatic carbocycles. The molecule has 2 rings (SSSR count). The van der Waals surface area contributed by atoms with Gasteiger partial charge in [-0.25, -0.2) is 17.2 Å². The second-order valence-corrected chi connectivity index (χ2v) is 8.28. The van der Waals surface area contributed by atoms with E-state index in [1.165, 1.54) is 13.1 Å². The minimum absolute atomic E-state index is 0. The van der Waals surface area contributed by atoms with Gasteiger partial charge in [0.1, 0.15) is 23.1 Å². The Balaban J connectivity index is 0.00000450. The molecule has 2 aromatic rings. The van der Waals surface area contributed by atoms with Gasteiger partial charge in [-0.05, 0) is 18.2 Å². The molecule has 0 aliphatic rings.